The van der Waals surface area contributed by atoms with E-state index in [-0.39, 0.29) is 5.91 Å². The first-order chi connectivity index (χ1) is 10.1. The molecule has 1 heterocycles. The van der Waals surface area contributed by atoms with Crippen LogP contribution in [-0.2, 0) is 4.79 Å². The van der Waals surface area contributed by atoms with Crippen molar-refractivity contribution in [2.75, 3.05) is 31.6 Å². The van der Waals surface area contributed by atoms with Gasteiger partial charge >= 0.3 is 0 Å². The molecule has 1 aliphatic rings. The average Bonchev–Trinajstić information content (AvgIpc) is 2.47. The lowest BCUT2D eigenvalue weighted by Crippen LogP contribution is -2.42. The third-order valence-electron chi connectivity index (χ3n) is 4.07. The summed E-state index contributed by atoms with van der Waals surface area (Å²) in [5, 5.41) is 6.37. The first kappa shape index (κ1) is 15.8. The van der Waals surface area contributed by atoms with Crippen molar-refractivity contribution in [3.05, 3.63) is 29.8 Å². The summed E-state index contributed by atoms with van der Waals surface area (Å²) in [5.74, 6) is 0.741. The first-order valence-corrected chi connectivity index (χ1v) is 7.89. The van der Waals surface area contributed by atoms with E-state index >= 15 is 0 Å². The molecule has 2 N–H and O–H groups in total. The van der Waals surface area contributed by atoms with Crippen LogP contribution < -0.4 is 15.5 Å². The number of rotatable bonds is 6. The highest BCUT2D eigenvalue weighted by Crippen LogP contribution is 2.32. The smallest absolute Gasteiger partial charge is 0.239 e. The lowest BCUT2D eigenvalue weighted by molar-refractivity contribution is -0.119. The molecule has 4 heteroatoms. The fourth-order valence-electron chi connectivity index (χ4n) is 2.82. The van der Waals surface area contributed by atoms with E-state index in [1.807, 2.05) is 13.1 Å². The van der Waals surface area contributed by atoms with E-state index in [4.69, 9.17) is 0 Å². The van der Waals surface area contributed by atoms with Crippen LogP contribution in [0.4, 0.5) is 5.69 Å². The summed E-state index contributed by atoms with van der Waals surface area (Å²) in [5.41, 5.74) is 2.48. The fourth-order valence-corrected chi connectivity index (χ4v) is 2.82. The van der Waals surface area contributed by atoms with E-state index in [1.165, 1.54) is 11.3 Å². The monoisotopic (exact) mass is 289 g/mol. The molecule has 116 valence electrons. The van der Waals surface area contributed by atoms with Crippen molar-refractivity contribution < 1.29 is 4.79 Å². The van der Waals surface area contributed by atoms with Crippen LogP contribution in [-0.4, -0.2) is 32.6 Å². The van der Waals surface area contributed by atoms with Crippen LogP contribution in [0.5, 0.6) is 0 Å². The first-order valence-electron chi connectivity index (χ1n) is 7.89. The van der Waals surface area contributed by atoms with Crippen molar-refractivity contribution in [1.82, 2.24) is 10.6 Å². The number of para-hydroxylation sites is 1. The molecule has 0 radical (unpaired) electrons. The van der Waals surface area contributed by atoms with Crippen LogP contribution in [0.15, 0.2) is 24.3 Å². The lowest BCUT2D eigenvalue weighted by atomic mass is 9.96. The summed E-state index contributed by atoms with van der Waals surface area (Å²) in [4.78, 5) is 14.3. The Bertz CT molecular complexity index is 473. The van der Waals surface area contributed by atoms with Gasteiger partial charge in [0.2, 0.25) is 5.91 Å². The lowest BCUT2D eigenvalue weighted by Gasteiger charge is -2.35. The normalized spacial score (nSPS) is 17.7. The average molecular weight is 289 g/mol. The second-order valence-electron chi connectivity index (χ2n) is 6.14. The van der Waals surface area contributed by atoms with Gasteiger partial charge in [0.25, 0.3) is 0 Å². The summed E-state index contributed by atoms with van der Waals surface area (Å²) in [7, 11) is 2.00. The highest BCUT2D eigenvalue weighted by Gasteiger charge is 2.24. The molecule has 0 fully saturated rings. The third-order valence-corrected chi connectivity index (χ3v) is 4.07. The largest absolute Gasteiger partial charge is 0.362 e. The van der Waals surface area contributed by atoms with Gasteiger partial charge in [-0.1, -0.05) is 32.0 Å². The number of benzene rings is 1. The minimum absolute atomic E-state index is 0.119. The van der Waals surface area contributed by atoms with Crippen molar-refractivity contribution in [2.45, 2.75) is 32.7 Å². The van der Waals surface area contributed by atoms with Gasteiger partial charge in [0.1, 0.15) is 0 Å². The molecule has 0 bridgehead atoms. The molecule has 1 aromatic rings. The molecule has 2 rings (SSSR count). The van der Waals surface area contributed by atoms with E-state index in [0.29, 0.717) is 18.5 Å². The Morgan fingerprint density at radius 1 is 1.38 bits per heavy atom. The number of nitrogens with zero attached hydrogens (tertiary/aromatic N) is 1. The van der Waals surface area contributed by atoms with Gasteiger partial charge in [-0.25, -0.2) is 0 Å². The van der Waals surface area contributed by atoms with Gasteiger partial charge in [0.05, 0.1) is 6.54 Å². The van der Waals surface area contributed by atoms with Gasteiger partial charge in [-0.2, -0.15) is 0 Å². The Kier molecular flexibility index (Phi) is 5.62. The highest BCUT2D eigenvalue weighted by atomic mass is 16.2. The second-order valence-corrected chi connectivity index (χ2v) is 6.14. The van der Waals surface area contributed by atoms with Gasteiger partial charge in [-0.15, -0.1) is 0 Å². The van der Waals surface area contributed by atoms with Gasteiger partial charge in [-0.3, -0.25) is 4.79 Å². The molecule has 0 saturated carbocycles. The maximum absolute atomic E-state index is 12.1. The number of hydrogen-bond donors (Lipinski definition) is 2. The zero-order valence-electron chi connectivity index (χ0n) is 13.4. The molecule has 0 spiro atoms. The second kappa shape index (κ2) is 7.46. The SMILES string of the molecule is CNC1CCN(CC(=O)NCCC(C)C)c2ccccc21. The van der Waals surface area contributed by atoms with Crippen LogP contribution in [0.1, 0.15) is 38.3 Å². The topological polar surface area (TPSA) is 44.4 Å². The molecule has 1 aliphatic heterocycles. The highest BCUT2D eigenvalue weighted by molar-refractivity contribution is 5.82. The van der Waals surface area contributed by atoms with Crippen LogP contribution in [0.2, 0.25) is 0 Å². The molecule has 1 aromatic carbocycles. The Morgan fingerprint density at radius 2 is 2.14 bits per heavy atom. The fraction of sp³-hybridized carbons (Fsp3) is 0.588. The third kappa shape index (κ3) is 4.21. The zero-order valence-corrected chi connectivity index (χ0v) is 13.4. The predicted molar refractivity (Wildman–Crippen MR) is 87.5 cm³/mol. The predicted octanol–water partition coefficient (Wildman–Crippen LogP) is 2.32. The number of anilines is 1. The summed E-state index contributed by atoms with van der Waals surface area (Å²) in [6.45, 7) is 6.48. The standard InChI is InChI=1S/C17H27N3O/c1-13(2)8-10-19-17(21)12-20-11-9-15(18-3)14-6-4-5-7-16(14)20/h4-7,13,15,18H,8-12H2,1-3H3,(H,19,21). The molecule has 1 amide bonds. The van der Waals surface area contributed by atoms with Crippen molar-refractivity contribution in [3.8, 4) is 0 Å². The maximum atomic E-state index is 12.1. The quantitative estimate of drug-likeness (QED) is 0.845. The van der Waals surface area contributed by atoms with Crippen molar-refractivity contribution in [3.63, 3.8) is 0 Å². The van der Waals surface area contributed by atoms with Crippen LogP contribution in [0, 0.1) is 5.92 Å². The number of hydrogen-bond acceptors (Lipinski definition) is 3. The molecule has 1 atom stereocenters. The van der Waals surface area contributed by atoms with Crippen molar-refractivity contribution in [2.24, 2.45) is 5.92 Å². The minimum atomic E-state index is 0.119. The Morgan fingerprint density at radius 3 is 2.86 bits per heavy atom. The molecule has 0 aromatic heterocycles. The summed E-state index contributed by atoms with van der Waals surface area (Å²) in [6, 6.07) is 8.76. The molecule has 1 unspecified atom stereocenters. The minimum Gasteiger partial charge on any atom is -0.362 e. The summed E-state index contributed by atoms with van der Waals surface area (Å²) >= 11 is 0. The zero-order chi connectivity index (χ0) is 15.2. The Labute approximate surface area is 127 Å². The molecular weight excluding hydrogens is 262 g/mol. The van der Waals surface area contributed by atoms with Crippen LogP contribution in [0.3, 0.4) is 0 Å². The van der Waals surface area contributed by atoms with Crippen molar-refractivity contribution in [1.29, 1.82) is 0 Å². The van der Waals surface area contributed by atoms with E-state index in [9.17, 15) is 4.79 Å². The molecule has 0 aliphatic carbocycles. The van der Waals surface area contributed by atoms with E-state index in [0.717, 1.165) is 25.9 Å². The van der Waals surface area contributed by atoms with E-state index < -0.39 is 0 Å². The van der Waals surface area contributed by atoms with Gasteiger partial charge in [-0.05, 0) is 37.4 Å². The Balaban J connectivity index is 1.96. The molecule has 4 nitrogen and oxygen atoms in total. The number of carbonyl (C=O) groups excluding carboxylic acids is 1. The molecule has 21 heavy (non-hydrogen) atoms. The van der Waals surface area contributed by atoms with Gasteiger partial charge < -0.3 is 15.5 Å². The maximum Gasteiger partial charge on any atom is 0.239 e. The van der Waals surface area contributed by atoms with Crippen LogP contribution in [0.25, 0.3) is 0 Å². The molecule has 0 saturated heterocycles. The van der Waals surface area contributed by atoms with Gasteiger partial charge in [0.15, 0.2) is 0 Å². The van der Waals surface area contributed by atoms with Crippen LogP contribution >= 0.6 is 0 Å². The van der Waals surface area contributed by atoms with E-state index in [2.05, 4.69) is 47.6 Å². The van der Waals surface area contributed by atoms with Crippen molar-refractivity contribution >= 4 is 11.6 Å². The van der Waals surface area contributed by atoms with E-state index in [1.54, 1.807) is 0 Å². The number of nitrogens with one attached hydrogen (secondary N) is 2. The molecular formula is C17H27N3O. The number of fused-ring (bicyclic) bond motifs is 1. The summed E-state index contributed by atoms with van der Waals surface area (Å²) in [6.07, 6.45) is 2.07. The Hall–Kier alpha value is -1.55. The van der Waals surface area contributed by atoms with Gasteiger partial charge in [0, 0.05) is 24.8 Å². The number of amides is 1. The number of carbonyl (C=O) groups is 1. The summed E-state index contributed by atoms with van der Waals surface area (Å²) < 4.78 is 0.